The highest BCUT2D eigenvalue weighted by Crippen LogP contribution is 2.25. The third-order valence-corrected chi connectivity index (χ3v) is 3.80. The van der Waals surface area contributed by atoms with Crippen LogP contribution in [0.1, 0.15) is 10.4 Å². The van der Waals surface area contributed by atoms with Crippen molar-refractivity contribution in [3.05, 3.63) is 58.1 Å². The van der Waals surface area contributed by atoms with Gasteiger partial charge in [0.05, 0.1) is 28.2 Å². The number of para-hydroxylation sites is 2. The molecule has 0 unspecified atom stereocenters. The van der Waals surface area contributed by atoms with Crippen LogP contribution in [0, 0.1) is 0 Å². The molecule has 0 aromatic heterocycles. The van der Waals surface area contributed by atoms with E-state index in [0.717, 1.165) is 6.26 Å². The van der Waals surface area contributed by atoms with Gasteiger partial charge in [0.1, 0.15) is 0 Å². The maximum Gasteiger partial charge on any atom is 0.257 e. The Bertz CT molecular complexity index is 823. The zero-order valence-corrected chi connectivity index (χ0v) is 13.8. The van der Waals surface area contributed by atoms with Crippen LogP contribution in [-0.4, -0.2) is 20.6 Å². The summed E-state index contributed by atoms with van der Waals surface area (Å²) in [6.45, 7) is 0. The van der Waals surface area contributed by atoms with Gasteiger partial charge < -0.3 is 5.32 Å². The van der Waals surface area contributed by atoms with Crippen LogP contribution in [0.2, 0.25) is 10.0 Å². The highest BCUT2D eigenvalue weighted by atomic mass is 35.5. The molecule has 5 nitrogen and oxygen atoms in total. The lowest BCUT2D eigenvalue weighted by molar-refractivity contribution is 0.102. The van der Waals surface area contributed by atoms with Crippen molar-refractivity contribution >= 4 is 50.5 Å². The van der Waals surface area contributed by atoms with Gasteiger partial charge in [-0.25, -0.2) is 8.42 Å². The van der Waals surface area contributed by atoms with Gasteiger partial charge >= 0.3 is 0 Å². The summed E-state index contributed by atoms with van der Waals surface area (Å²) >= 11 is 11.8. The molecule has 0 aliphatic rings. The lowest BCUT2D eigenvalue weighted by Gasteiger charge is -2.12. The van der Waals surface area contributed by atoms with Crippen molar-refractivity contribution < 1.29 is 13.2 Å². The minimum atomic E-state index is -3.46. The first-order chi connectivity index (χ1) is 10.3. The predicted octanol–water partition coefficient (Wildman–Crippen LogP) is 3.62. The minimum absolute atomic E-state index is 0.198. The monoisotopic (exact) mass is 358 g/mol. The van der Waals surface area contributed by atoms with E-state index >= 15 is 0 Å². The SMILES string of the molecule is CS(=O)(=O)Nc1ccccc1NC(=O)c1cc(Cl)ccc1Cl. The van der Waals surface area contributed by atoms with Crippen molar-refractivity contribution in [3.63, 3.8) is 0 Å². The number of benzene rings is 2. The third-order valence-electron chi connectivity index (χ3n) is 2.64. The fourth-order valence-corrected chi connectivity index (χ4v) is 2.69. The normalized spacial score (nSPS) is 11.0. The number of carbonyl (C=O) groups is 1. The van der Waals surface area contributed by atoms with E-state index in [0.29, 0.717) is 10.7 Å². The molecular formula is C14H12Cl2N2O3S. The Labute approximate surface area is 138 Å². The molecule has 2 aromatic rings. The average Bonchev–Trinajstić information content (AvgIpc) is 2.42. The second-order valence-electron chi connectivity index (χ2n) is 4.50. The number of anilines is 2. The maximum atomic E-state index is 12.3. The molecule has 0 fully saturated rings. The number of halogens is 2. The molecule has 22 heavy (non-hydrogen) atoms. The van der Waals surface area contributed by atoms with Crippen LogP contribution in [0.4, 0.5) is 11.4 Å². The molecule has 2 rings (SSSR count). The summed E-state index contributed by atoms with van der Waals surface area (Å²) in [4.78, 5) is 12.3. The van der Waals surface area contributed by atoms with E-state index in [1.807, 2.05) is 0 Å². The summed E-state index contributed by atoms with van der Waals surface area (Å²) < 4.78 is 25.0. The molecule has 0 atom stereocenters. The van der Waals surface area contributed by atoms with E-state index in [4.69, 9.17) is 23.2 Å². The van der Waals surface area contributed by atoms with Gasteiger partial charge in [0.25, 0.3) is 5.91 Å². The van der Waals surface area contributed by atoms with Gasteiger partial charge in [-0.3, -0.25) is 9.52 Å². The number of sulfonamides is 1. The fraction of sp³-hybridized carbons (Fsp3) is 0.0714. The first-order valence-corrected chi connectivity index (χ1v) is 8.74. The van der Waals surface area contributed by atoms with Crippen molar-refractivity contribution in [3.8, 4) is 0 Å². The Hall–Kier alpha value is -1.76. The van der Waals surface area contributed by atoms with Gasteiger partial charge in [-0.15, -0.1) is 0 Å². The van der Waals surface area contributed by atoms with Gasteiger partial charge in [0, 0.05) is 5.02 Å². The average molecular weight is 359 g/mol. The Balaban J connectivity index is 2.31. The number of carbonyl (C=O) groups excluding carboxylic acids is 1. The second kappa shape index (κ2) is 6.56. The summed E-state index contributed by atoms with van der Waals surface area (Å²) in [7, 11) is -3.46. The standard InChI is InChI=1S/C14H12Cl2N2O3S/c1-22(20,21)18-13-5-3-2-4-12(13)17-14(19)10-8-9(15)6-7-11(10)16/h2-8,18H,1H3,(H,17,19). The minimum Gasteiger partial charge on any atom is -0.320 e. The molecule has 2 N–H and O–H groups in total. The van der Waals surface area contributed by atoms with Crippen LogP contribution in [0.5, 0.6) is 0 Å². The zero-order chi connectivity index (χ0) is 16.3. The van der Waals surface area contributed by atoms with Crippen molar-refractivity contribution in [1.82, 2.24) is 0 Å². The van der Waals surface area contributed by atoms with Gasteiger partial charge in [0.2, 0.25) is 10.0 Å². The van der Waals surface area contributed by atoms with E-state index in [2.05, 4.69) is 10.0 Å². The summed E-state index contributed by atoms with van der Waals surface area (Å²) in [5.74, 6) is -0.491. The molecule has 8 heteroatoms. The largest absolute Gasteiger partial charge is 0.320 e. The van der Waals surface area contributed by atoms with Gasteiger partial charge in [-0.1, -0.05) is 35.3 Å². The summed E-state index contributed by atoms with van der Waals surface area (Å²) in [6, 6.07) is 10.9. The number of hydrogen-bond donors (Lipinski definition) is 2. The third kappa shape index (κ3) is 4.37. The number of hydrogen-bond acceptors (Lipinski definition) is 3. The molecule has 2 aromatic carbocycles. The van der Waals surface area contributed by atoms with Crippen molar-refractivity contribution in [1.29, 1.82) is 0 Å². The van der Waals surface area contributed by atoms with Crippen molar-refractivity contribution in [2.24, 2.45) is 0 Å². The lowest BCUT2D eigenvalue weighted by Crippen LogP contribution is -2.16. The highest BCUT2D eigenvalue weighted by molar-refractivity contribution is 7.92. The van der Waals surface area contributed by atoms with Crippen molar-refractivity contribution in [2.75, 3.05) is 16.3 Å². The Morgan fingerprint density at radius 3 is 2.32 bits per heavy atom. The summed E-state index contributed by atoms with van der Waals surface area (Å²) in [6.07, 6.45) is 1.03. The molecule has 0 bridgehead atoms. The first-order valence-electron chi connectivity index (χ1n) is 6.09. The predicted molar refractivity (Wildman–Crippen MR) is 89.3 cm³/mol. The Morgan fingerprint density at radius 2 is 1.68 bits per heavy atom. The van der Waals surface area contributed by atoms with E-state index in [-0.39, 0.29) is 16.3 Å². The van der Waals surface area contributed by atoms with Crippen molar-refractivity contribution in [2.45, 2.75) is 0 Å². The van der Waals surface area contributed by atoms with Gasteiger partial charge in [-0.05, 0) is 30.3 Å². The van der Waals surface area contributed by atoms with Crippen LogP contribution in [0.25, 0.3) is 0 Å². The van der Waals surface area contributed by atoms with Crippen LogP contribution in [-0.2, 0) is 10.0 Å². The van der Waals surface area contributed by atoms with Gasteiger partial charge in [0.15, 0.2) is 0 Å². The highest BCUT2D eigenvalue weighted by Gasteiger charge is 2.14. The molecule has 0 heterocycles. The van der Waals surface area contributed by atoms with E-state index in [9.17, 15) is 13.2 Å². The van der Waals surface area contributed by atoms with Crippen LogP contribution >= 0.6 is 23.2 Å². The lowest BCUT2D eigenvalue weighted by atomic mass is 10.2. The molecule has 116 valence electrons. The second-order valence-corrected chi connectivity index (χ2v) is 7.09. The van der Waals surface area contributed by atoms with E-state index in [1.54, 1.807) is 24.3 Å². The molecule has 0 aliphatic heterocycles. The quantitative estimate of drug-likeness (QED) is 0.876. The van der Waals surface area contributed by atoms with E-state index < -0.39 is 15.9 Å². The molecule has 1 amide bonds. The molecule has 0 saturated heterocycles. The number of nitrogens with one attached hydrogen (secondary N) is 2. The number of amides is 1. The molecular weight excluding hydrogens is 347 g/mol. The molecule has 0 aliphatic carbocycles. The van der Waals surface area contributed by atoms with Crippen LogP contribution < -0.4 is 10.0 Å². The number of rotatable bonds is 4. The Kier molecular flexibility index (Phi) is 4.95. The van der Waals surface area contributed by atoms with E-state index in [1.165, 1.54) is 18.2 Å². The zero-order valence-electron chi connectivity index (χ0n) is 11.4. The van der Waals surface area contributed by atoms with Crippen LogP contribution in [0.3, 0.4) is 0 Å². The molecule has 0 spiro atoms. The fourth-order valence-electron chi connectivity index (χ4n) is 1.74. The Morgan fingerprint density at radius 1 is 1.05 bits per heavy atom. The first kappa shape index (κ1) is 16.6. The summed E-state index contributed by atoms with van der Waals surface area (Å²) in [5, 5.41) is 3.23. The molecule has 0 saturated carbocycles. The topological polar surface area (TPSA) is 75.3 Å². The molecule has 0 radical (unpaired) electrons. The smallest absolute Gasteiger partial charge is 0.257 e. The van der Waals surface area contributed by atoms with Gasteiger partial charge in [-0.2, -0.15) is 0 Å². The summed E-state index contributed by atoms with van der Waals surface area (Å²) in [5.41, 5.74) is 0.772. The van der Waals surface area contributed by atoms with Crippen LogP contribution in [0.15, 0.2) is 42.5 Å². The maximum absolute atomic E-state index is 12.3.